The van der Waals surface area contributed by atoms with Crippen LogP contribution < -0.4 is 10.6 Å². The minimum absolute atomic E-state index is 0.314. The van der Waals surface area contributed by atoms with Gasteiger partial charge in [0.15, 0.2) is 5.13 Å². The summed E-state index contributed by atoms with van der Waals surface area (Å²) in [5.41, 5.74) is 0.551. The third-order valence-electron chi connectivity index (χ3n) is 1.70. The molecule has 0 aliphatic carbocycles. The maximum Gasteiger partial charge on any atom is 0.350 e. The van der Waals surface area contributed by atoms with E-state index in [4.69, 9.17) is 4.74 Å². The topological polar surface area (TPSA) is 80.3 Å². The average Bonchev–Trinajstić information content (AvgIpc) is 2.59. The minimum Gasteiger partial charge on any atom is -0.462 e. The quantitative estimate of drug-likeness (QED) is 0.786. The van der Waals surface area contributed by atoms with Gasteiger partial charge in [-0.05, 0) is 13.8 Å². The van der Waals surface area contributed by atoms with E-state index in [1.54, 1.807) is 13.8 Å². The third kappa shape index (κ3) is 2.93. The second-order valence-electron chi connectivity index (χ2n) is 2.86. The molecule has 0 bridgehead atoms. The maximum absolute atomic E-state index is 11.5. The summed E-state index contributed by atoms with van der Waals surface area (Å²) in [5.74, 6) is -0.414. The number of nitrogens with one attached hydrogen (secondary N) is 2. The lowest BCUT2D eigenvalue weighted by Crippen LogP contribution is -2.24. The molecule has 88 valence electrons. The summed E-state index contributed by atoms with van der Waals surface area (Å²) in [5, 5.41) is 5.27. The van der Waals surface area contributed by atoms with Crippen LogP contribution in [0.3, 0.4) is 0 Å². The first-order valence-corrected chi connectivity index (χ1v) is 5.53. The molecular formula is C9H13N3O3S. The first kappa shape index (κ1) is 12.4. The van der Waals surface area contributed by atoms with Gasteiger partial charge < -0.3 is 10.1 Å². The fraction of sp³-hybridized carbons (Fsp3) is 0.444. The highest BCUT2D eigenvalue weighted by Gasteiger charge is 2.16. The van der Waals surface area contributed by atoms with Gasteiger partial charge in [-0.25, -0.2) is 14.6 Å². The number of amides is 2. The molecule has 2 amide bonds. The Balaban J connectivity index is 2.81. The van der Waals surface area contributed by atoms with Crippen molar-refractivity contribution in [2.24, 2.45) is 0 Å². The molecule has 0 saturated carbocycles. The van der Waals surface area contributed by atoms with E-state index in [9.17, 15) is 9.59 Å². The zero-order chi connectivity index (χ0) is 12.1. The number of carbonyl (C=O) groups excluding carboxylic acids is 2. The van der Waals surface area contributed by atoms with E-state index in [1.165, 1.54) is 7.05 Å². The molecule has 0 aliphatic heterocycles. The molecule has 0 fully saturated rings. The van der Waals surface area contributed by atoms with E-state index >= 15 is 0 Å². The van der Waals surface area contributed by atoms with Crippen LogP contribution in [0, 0.1) is 6.92 Å². The summed E-state index contributed by atoms with van der Waals surface area (Å²) in [7, 11) is 1.50. The molecule has 1 aromatic heterocycles. The number of thiazole rings is 1. The van der Waals surface area contributed by atoms with Gasteiger partial charge in [-0.15, -0.1) is 0 Å². The van der Waals surface area contributed by atoms with Crippen molar-refractivity contribution in [1.82, 2.24) is 10.3 Å². The van der Waals surface area contributed by atoms with E-state index in [1.807, 2.05) is 0 Å². The number of esters is 1. The van der Waals surface area contributed by atoms with Gasteiger partial charge in [0, 0.05) is 7.05 Å². The largest absolute Gasteiger partial charge is 0.462 e. The Bertz CT molecular complexity index is 403. The van der Waals surface area contributed by atoms with Gasteiger partial charge in [0.2, 0.25) is 0 Å². The van der Waals surface area contributed by atoms with Crippen molar-refractivity contribution in [2.75, 3.05) is 19.0 Å². The van der Waals surface area contributed by atoms with Gasteiger partial charge in [-0.3, -0.25) is 5.32 Å². The van der Waals surface area contributed by atoms with Crippen LogP contribution in [0.25, 0.3) is 0 Å². The third-order valence-corrected chi connectivity index (χ3v) is 2.76. The highest BCUT2D eigenvalue weighted by molar-refractivity contribution is 7.17. The summed E-state index contributed by atoms with van der Waals surface area (Å²) in [6.45, 7) is 3.74. The average molecular weight is 243 g/mol. The highest BCUT2D eigenvalue weighted by Crippen LogP contribution is 2.23. The van der Waals surface area contributed by atoms with Gasteiger partial charge >= 0.3 is 12.0 Å². The van der Waals surface area contributed by atoms with Crippen LogP contribution in [0.15, 0.2) is 0 Å². The summed E-state index contributed by atoms with van der Waals surface area (Å²) in [6, 6.07) is -0.371. The molecule has 2 N–H and O–H groups in total. The normalized spacial score (nSPS) is 9.69. The Labute approximate surface area is 97.0 Å². The summed E-state index contributed by atoms with van der Waals surface area (Å²) in [4.78, 5) is 26.9. The summed E-state index contributed by atoms with van der Waals surface area (Å²) >= 11 is 1.09. The monoisotopic (exact) mass is 243 g/mol. The first-order valence-electron chi connectivity index (χ1n) is 4.71. The summed E-state index contributed by atoms with van der Waals surface area (Å²) < 4.78 is 4.86. The maximum atomic E-state index is 11.5. The number of nitrogens with zero attached hydrogens (tertiary/aromatic N) is 1. The highest BCUT2D eigenvalue weighted by atomic mass is 32.1. The van der Waals surface area contributed by atoms with Crippen molar-refractivity contribution in [1.29, 1.82) is 0 Å². The standard InChI is InChI=1S/C9H13N3O3S/c1-4-15-7(13)6-5(2)11-9(16-6)12-8(14)10-3/h4H2,1-3H3,(H2,10,11,12,14). The molecule has 0 saturated heterocycles. The lowest BCUT2D eigenvalue weighted by Gasteiger charge is -1.98. The predicted octanol–water partition coefficient (Wildman–Crippen LogP) is 1.38. The minimum atomic E-state index is -0.414. The second kappa shape index (κ2) is 5.45. The van der Waals surface area contributed by atoms with Crippen LogP contribution >= 0.6 is 11.3 Å². The number of carbonyl (C=O) groups is 2. The lowest BCUT2D eigenvalue weighted by atomic mass is 10.4. The molecular weight excluding hydrogens is 230 g/mol. The second-order valence-corrected chi connectivity index (χ2v) is 3.86. The number of hydrogen-bond acceptors (Lipinski definition) is 5. The van der Waals surface area contributed by atoms with Crippen molar-refractivity contribution in [3.8, 4) is 0 Å². The fourth-order valence-electron chi connectivity index (χ4n) is 0.996. The first-order chi connectivity index (χ1) is 7.58. The Morgan fingerprint density at radius 2 is 2.19 bits per heavy atom. The number of anilines is 1. The van der Waals surface area contributed by atoms with E-state index in [0.717, 1.165) is 11.3 Å². The predicted molar refractivity (Wildman–Crippen MR) is 60.9 cm³/mol. The van der Waals surface area contributed by atoms with Gasteiger partial charge in [0.1, 0.15) is 4.88 Å². The number of rotatable bonds is 3. The van der Waals surface area contributed by atoms with Crippen LogP contribution in [0.4, 0.5) is 9.93 Å². The van der Waals surface area contributed by atoms with E-state index < -0.39 is 5.97 Å². The zero-order valence-corrected chi connectivity index (χ0v) is 10.1. The van der Waals surface area contributed by atoms with Crippen LogP contribution in [-0.4, -0.2) is 30.6 Å². The summed E-state index contributed by atoms with van der Waals surface area (Å²) in [6.07, 6.45) is 0. The molecule has 0 radical (unpaired) electrons. The molecule has 1 aromatic rings. The van der Waals surface area contributed by atoms with Crippen LogP contribution in [0.5, 0.6) is 0 Å². The van der Waals surface area contributed by atoms with Crippen molar-refractivity contribution in [2.45, 2.75) is 13.8 Å². The van der Waals surface area contributed by atoms with Crippen LogP contribution in [-0.2, 0) is 4.74 Å². The van der Waals surface area contributed by atoms with Gasteiger partial charge in [0.25, 0.3) is 0 Å². The SMILES string of the molecule is CCOC(=O)c1sc(NC(=O)NC)nc1C. The smallest absolute Gasteiger partial charge is 0.350 e. The molecule has 0 aliphatic rings. The number of hydrogen-bond donors (Lipinski definition) is 2. The number of ether oxygens (including phenoxy) is 1. The molecule has 16 heavy (non-hydrogen) atoms. The molecule has 1 rings (SSSR count). The molecule has 6 nitrogen and oxygen atoms in total. The Kier molecular flexibility index (Phi) is 4.24. The Morgan fingerprint density at radius 1 is 1.50 bits per heavy atom. The van der Waals surface area contributed by atoms with Gasteiger partial charge in [0.05, 0.1) is 12.3 Å². The van der Waals surface area contributed by atoms with Crippen LogP contribution in [0.2, 0.25) is 0 Å². The van der Waals surface area contributed by atoms with E-state index in [-0.39, 0.29) is 6.03 Å². The Hall–Kier alpha value is -1.63. The molecule has 1 heterocycles. The zero-order valence-electron chi connectivity index (χ0n) is 9.29. The van der Waals surface area contributed by atoms with E-state index in [0.29, 0.717) is 22.3 Å². The van der Waals surface area contributed by atoms with E-state index in [2.05, 4.69) is 15.6 Å². The Morgan fingerprint density at radius 3 is 2.75 bits per heavy atom. The molecule has 7 heteroatoms. The number of aromatic nitrogens is 1. The number of aryl methyl sites for hydroxylation is 1. The molecule has 0 spiro atoms. The van der Waals surface area contributed by atoms with Crippen molar-refractivity contribution in [3.05, 3.63) is 10.6 Å². The van der Waals surface area contributed by atoms with Gasteiger partial charge in [-0.2, -0.15) is 0 Å². The number of urea groups is 1. The fourth-order valence-corrected chi connectivity index (χ4v) is 1.85. The van der Waals surface area contributed by atoms with Crippen molar-refractivity contribution >= 4 is 28.5 Å². The molecule has 0 atom stereocenters. The molecule has 0 unspecified atom stereocenters. The van der Waals surface area contributed by atoms with Crippen molar-refractivity contribution < 1.29 is 14.3 Å². The lowest BCUT2D eigenvalue weighted by molar-refractivity contribution is 0.0531. The molecule has 0 aromatic carbocycles. The van der Waals surface area contributed by atoms with Gasteiger partial charge in [-0.1, -0.05) is 11.3 Å². The van der Waals surface area contributed by atoms with Crippen molar-refractivity contribution in [3.63, 3.8) is 0 Å². The van der Waals surface area contributed by atoms with Crippen LogP contribution in [0.1, 0.15) is 22.3 Å².